The van der Waals surface area contributed by atoms with Crippen molar-refractivity contribution in [2.45, 2.75) is 24.1 Å². The predicted octanol–water partition coefficient (Wildman–Crippen LogP) is 3.73. The molecule has 0 saturated heterocycles. The van der Waals surface area contributed by atoms with E-state index in [9.17, 15) is 9.59 Å². The fourth-order valence-electron chi connectivity index (χ4n) is 3.83. The Morgan fingerprint density at radius 2 is 1.66 bits per heavy atom. The number of benzene rings is 2. The lowest BCUT2D eigenvalue weighted by Crippen LogP contribution is -2.27. The summed E-state index contributed by atoms with van der Waals surface area (Å²) in [5, 5.41) is 8.18. The molecule has 1 N–H and O–H groups in total. The van der Waals surface area contributed by atoms with Crippen molar-refractivity contribution < 1.29 is 4.79 Å². The van der Waals surface area contributed by atoms with Gasteiger partial charge in [0.15, 0.2) is 5.65 Å². The summed E-state index contributed by atoms with van der Waals surface area (Å²) < 4.78 is 5.01. The predicted molar refractivity (Wildman–Crippen MR) is 136 cm³/mol. The molecule has 0 radical (unpaired) electrons. The third kappa shape index (κ3) is 4.12. The van der Waals surface area contributed by atoms with Gasteiger partial charge in [-0.25, -0.2) is 19.3 Å². The largest absolute Gasteiger partial charge is 0.319 e. The Morgan fingerprint density at radius 3 is 2.34 bits per heavy atom. The van der Waals surface area contributed by atoms with E-state index in [1.165, 1.54) is 22.8 Å². The average Bonchev–Trinajstić information content (AvgIpc) is 3.41. The van der Waals surface area contributed by atoms with E-state index in [1.54, 1.807) is 36.5 Å². The number of amides is 1. The average molecular weight is 486 g/mol. The van der Waals surface area contributed by atoms with Crippen LogP contribution in [0, 0.1) is 6.92 Å². The first-order valence-corrected chi connectivity index (χ1v) is 11.9. The monoisotopic (exact) mass is 485 g/mol. The van der Waals surface area contributed by atoms with Crippen LogP contribution in [0.1, 0.15) is 12.6 Å². The second kappa shape index (κ2) is 9.22. The SMILES string of the molecule is Cc1c(NC(=O)C(C)Sc2ncnc3c2cnn3-c2ccccc2)c(=O)n(-c2ccccc2)n1C. The molecule has 0 aliphatic rings. The zero-order valence-electron chi connectivity index (χ0n) is 19.4. The van der Waals surface area contributed by atoms with Crippen LogP contribution in [0.15, 0.2) is 83.0 Å². The molecule has 0 spiro atoms. The second-order valence-corrected chi connectivity index (χ2v) is 9.32. The fourth-order valence-corrected chi connectivity index (χ4v) is 4.71. The van der Waals surface area contributed by atoms with Gasteiger partial charge in [0.2, 0.25) is 5.91 Å². The third-order valence-corrected chi connectivity index (χ3v) is 6.91. The van der Waals surface area contributed by atoms with E-state index in [-0.39, 0.29) is 17.2 Å². The van der Waals surface area contributed by atoms with Gasteiger partial charge in [-0.2, -0.15) is 5.10 Å². The Bertz CT molecular complexity index is 1570. The molecule has 1 amide bonds. The van der Waals surface area contributed by atoms with Crippen molar-refractivity contribution in [3.63, 3.8) is 0 Å². The molecule has 35 heavy (non-hydrogen) atoms. The summed E-state index contributed by atoms with van der Waals surface area (Å²) in [5.41, 5.74) is 2.92. The summed E-state index contributed by atoms with van der Waals surface area (Å²) in [6, 6.07) is 19.0. The van der Waals surface area contributed by atoms with E-state index >= 15 is 0 Å². The molecule has 2 aromatic carbocycles. The molecule has 0 aliphatic carbocycles. The van der Waals surface area contributed by atoms with Crippen molar-refractivity contribution >= 4 is 34.4 Å². The van der Waals surface area contributed by atoms with Crippen LogP contribution in [0.25, 0.3) is 22.4 Å². The van der Waals surface area contributed by atoms with Crippen molar-refractivity contribution in [1.82, 2.24) is 29.1 Å². The van der Waals surface area contributed by atoms with Crippen LogP contribution in [0.5, 0.6) is 0 Å². The molecule has 176 valence electrons. The first kappa shape index (κ1) is 22.6. The maximum absolute atomic E-state index is 13.1. The summed E-state index contributed by atoms with van der Waals surface area (Å²) >= 11 is 1.30. The Balaban J connectivity index is 1.39. The number of hydrogen-bond donors (Lipinski definition) is 1. The third-order valence-electron chi connectivity index (χ3n) is 5.79. The van der Waals surface area contributed by atoms with Gasteiger partial charge in [0, 0.05) is 7.05 Å². The molecule has 0 fully saturated rings. The first-order valence-electron chi connectivity index (χ1n) is 11.0. The van der Waals surface area contributed by atoms with Gasteiger partial charge in [-0.3, -0.25) is 14.3 Å². The van der Waals surface area contributed by atoms with Crippen LogP contribution in [0.3, 0.4) is 0 Å². The van der Waals surface area contributed by atoms with Crippen LogP contribution < -0.4 is 10.9 Å². The number of carbonyl (C=O) groups excluding carboxylic acids is 1. The lowest BCUT2D eigenvalue weighted by molar-refractivity contribution is -0.115. The number of nitrogens with zero attached hydrogens (tertiary/aromatic N) is 6. The standard InChI is InChI=1S/C25H23N7O2S/c1-16-21(25(34)32(30(16)3)19-12-8-5-9-13-19)29-23(33)17(2)35-24-20-14-28-31(22(20)26-15-27-24)18-10-6-4-7-11-18/h4-15,17H,1-3H3,(H,29,33). The van der Waals surface area contributed by atoms with Crippen molar-refractivity contribution in [3.05, 3.63) is 89.2 Å². The zero-order valence-corrected chi connectivity index (χ0v) is 20.2. The van der Waals surface area contributed by atoms with E-state index in [4.69, 9.17) is 0 Å². The normalized spacial score (nSPS) is 12.1. The van der Waals surface area contributed by atoms with Gasteiger partial charge < -0.3 is 5.32 Å². The van der Waals surface area contributed by atoms with Gasteiger partial charge in [0.05, 0.1) is 33.9 Å². The van der Waals surface area contributed by atoms with Crippen LogP contribution >= 0.6 is 11.8 Å². The number of aromatic nitrogens is 6. The Kier molecular flexibility index (Phi) is 5.96. The van der Waals surface area contributed by atoms with E-state index < -0.39 is 5.25 Å². The smallest absolute Gasteiger partial charge is 0.295 e. The topological polar surface area (TPSA) is 99.6 Å². The zero-order chi connectivity index (χ0) is 24.5. The molecular weight excluding hydrogens is 462 g/mol. The highest BCUT2D eigenvalue weighted by Crippen LogP contribution is 2.29. The lowest BCUT2D eigenvalue weighted by atomic mass is 10.3. The highest BCUT2D eigenvalue weighted by atomic mass is 32.2. The van der Waals surface area contributed by atoms with E-state index in [1.807, 2.05) is 60.7 Å². The Labute approximate surface area is 205 Å². The molecular formula is C25H23N7O2S. The number of thioether (sulfide) groups is 1. The molecule has 9 nitrogen and oxygen atoms in total. The minimum absolute atomic E-state index is 0.263. The molecule has 0 aliphatic heterocycles. The minimum Gasteiger partial charge on any atom is -0.319 e. The number of rotatable bonds is 6. The summed E-state index contributed by atoms with van der Waals surface area (Å²) in [4.78, 5) is 35.0. The van der Waals surface area contributed by atoms with Crippen molar-refractivity contribution in [2.24, 2.45) is 7.05 Å². The van der Waals surface area contributed by atoms with Crippen molar-refractivity contribution in [2.75, 3.05) is 5.32 Å². The Morgan fingerprint density at radius 1 is 1.00 bits per heavy atom. The van der Waals surface area contributed by atoms with E-state index in [0.29, 0.717) is 16.4 Å². The second-order valence-electron chi connectivity index (χ2n) is 7.99. The maximum atomic E-state index is 13.1. The number of anilines is 1. The van der Waals surface area contributed by atoms with Gasteiger partial charge in [-0.05, 0) is 38.1 Å². The van der Waals surface area contributed by atoms with Gasteiger partial charge in [-0.1, -0.05) is 48.2 Å². The molecule has 0 saturated carbocycles. The summed E-state index contributed by atoms with van der Waals surface area (Å²) in [6.07, 6.45) is 3.17. The molecule has 0 bridgehead atoms. The molecule has 1 atom stereocenters. The minimum atomic E-state index is -0.516. The quantitative estimate of drug-likeness (QED) is 0.291. The Hall–Kier alpha value is -4.18. The lowest BCUT2D eigenvalue weighted by Gasteiger charge is -2.11. The number of carbonyl (C=O) groups is 1. The maximum Gasteiger partial charge on any atom is 0.295 e. The number of fused-ring (bicyclic) bond motifs is 1. The summed E-state index contributed by atoms with van der Waals surface area (Å²) in [5.74, 6) is -0.289. The molecule has 10 heteroatoms. The molecule has 3 heterocycles. The van der Waals surface area contributed by atoms with Gasteiger partial charge in [0.25, 0.3) is 5.56 Å². The molecule has 5 rings (SSSR count). The van der Waals surface area contributed by atoms with Crippen LogP contribution in [0.4, 0.5) is 5.69 Å². The molecule has 3 aromatic heterocycles. The fraction of sp³-hybridized carbons (Fsp3) is 0.160. The molecule has 5 aromatic rings. The van der Waals surface area contributed by atoms with Crippen LogP contribution in [0.2, 0.25) is 0 Å². The number of para-hydroxylation sites is 2. The summed E-state index contributed by atoms with van der Waals surface area (Å²) in [6.45, 7) is 3.59. The van der Waals surface area contributed by atoms with E-state index in [2.05, 4.69) is 20.4 Å². The highest BCUT2D eigenvalue weighted by Gasteiger charge is 2.23. The first-order chi connectivity index (χ1) is 17.0. The number of nitrogens with one attached hydrogen (secondary N) is 1. The van der Waals surface area contributed by atoms with Gasteiger partial charge >= 0.3 is 0 Å². The van der Waals surface area contributed by atoms with Crippen molar-refractivity contribution in [1.29, 1.82) is 0 Å². The van der Waals surface area contributed by atoms with Crippen LogP contribution in [-0.4, -0.2) is 40.3 Å². The highest BCUT2D eigenvalue weighted by molar-refractivity contribution is 8.00. The molecule has 1 unspecified atom stereocenters. The van der Waals surface area contributed by atoms with Gasteiger partial charge in [-0.15, -0.1) is 0 Å². The number of hydrogen-bond acceptors (Lipinski definition) is 6. The summed E-state index contributed by atoms with van der Waals surface area (Å²) in [7, 11) is 1.79. The van der Waals surface area contributed by atoms with E-state index in [0.717, 1.165) is 16.8 Å². The van der Waals surface area contributed by atoms with Crippen LogP contribution in [-0.2, 0) is 11.8 Å². The van der Waals surface area contributed by atoms with Crippen molar-refractivity contribution in [3.8, 4) is 11.4 Å². The van der Waals surface area contributed by atoms with Gasteiger partial charge in [0.1, 0.15) is 17.0 Å².